The Kier molecular flexibility index (Phi) is 5.84. The van der Waals surface area contributed by atoms with Crippen LogP contribution in [-0.4, -0.2) is 0 Å². The van der Waals surface area contributed by atoms with Crippen LogP contribution in [0.3, 0.4) is 0 Å². The van der Waals surface area contributed by atoms with E-state index in [0.29, 0.717) is 5.56 Å². The molecule has 0 saturated heterocycles. The zero-order valence-electron chi connectivity index (χ0n) is 16.6. The molecule has 0 aliphatic rings. The molecule has 0 aliphatic carbocycles. The third-order valence-corrected chi connectivity index (χ3v) is 4.86. The van der Waals surface area contributed by atoms with E-state index in [1.165, 1.54) is 12.1 Å². The summed E-state index contributed by atoms with van der Waals surface area (Å²) in [5.41, 5.74) is -0.913. The summed E-state index contributed by atoms with van der Waals surface area (Å²) >= 11 is 0. The van der Waals surface area contributed by atoms with Gasteiger partial charge in [0, 0.05) is 0 Å². The van der Waals surface area contributed by atoms with Gasteiger partial charge in [0.05, 0.1) is 0 Å². The first kappa shape index (κ1) is 22.4. The lowest BCUT2D eigenvalue weighted by Gasteiger charge is -2.20. The first-order chi connectivity index (χ1) is 15.7. The summed E-state index contributed by atoms with van der Waals surface area (Å²) in [5.74, 6) is -7.91. The van der Waals surface area contributed by atoms with Crippen LogP contribution in [-0.2, 0) is 6.11 Å². The lowest BCUT2D eigenvalue weighted by molar-refractivity contribution is -0.189. The van der Waals surface area contributed by atoms with E-state index in [1.807, 2.05) is 0 Å². The van der Waals surface area contributed by atoms with E-state index in [4.69, 9.17) is 0 Å². The van der Waals surface area contributed by atoms with Gasteiger partial charge in [0.15, 0.2) is 17.5 Å². The van der Waals surface area contributed by atoms with Crippen molar-refractivity contribution in [3.63, 3.8) is 0 Å². The third-order valence-electron chi connectivity index (χ3n) is 4.86. The number of hydrogen-bond acceptors (Lipinski definition) is 1. The minimum absolute atomic E-state index is 0.0432. The predicted molar refractivity (Wildman–Crippen MR) is 108 cm³/mol. The summed E-state index contributed by atoms with van der Waals surface area (Å²) in [7, 11) is 0. The Balaban J connectivity index is 1.60. The highest BCUT2D eigenvalue weighted by Gasteiger charge is 2.41. The molecule has 0 unspecified atom stereocenters. The van der Waals surface area contributed by atoms with Gasteiger partial charge in [-0.2, -0.15) is 8.78 Å². The van der Waals surface area contributed by atoms with Gasteiger partial charge in [0.1, 0.15) is 22.9 Å². The summed E-state index contributed by atoms with van der Waals surface area (Å²) in [6.07, 6.45) is -4.36. The SMILES string of the molecule is Fc1cc(-c2ccc(OC(F)(F)c3c(F)cc(-c4ccccc4)cc3F)cc2)cc(F)c1F. The standard InChI is InChI=1S/C25H13F7O/c26-19-10-16(14-4-2-1-3-5-14)11-20(27)23(19)25(31,32)33-18-8-6-15(7-9-18)17-12-21(28)24(30)22(29)13-17/h1-13H. The Morgan fingerprint density at radius 2 is 0.970 bits per heavy atom. The van der Waals surface area contributed by atoms with Crippen molar-refractivity contribution in [2.45, 2.75) is 6.11 Å². The van der Waals surface area contributed by atoms with Crippen molar-refractivity contribution in [1.29, 1.82) is 0 Å². The Labute approximate surface area is 183 Å². The Bertz CT molecular complexity index is 1260. The van der Waals surface area contributed by atoms with Gasteiger partial charge in [-0.15, -0.1) is 0 Å². The van der Waals surface area contributed by atoms with Gasteiger partial charge in [-0.3, -0.25) is 0 Å². The topological polar surface area (TPSA) is 9.23 Å². The van der Waals surface area contributed by atoms with E-state index in [1.54, 1.807) is 30.3 Å². The summed E-state index contributed by atoms with van der Waals surface area (Å²) in [6, 6.07) is 15.6. The molecule has 1 nitrogen and oxygen atoms in total. The fourth-order valence-corrected chi connectivity index (χ4v) is 3.29. The van der Waals surface area contributed by atoms with Crippen LogP contribution in [0.15, 0.2) is 78.9 Å². The minimum atomic E-state index is -4.36. The zero-order valence-corrected chi connectivity index (χ0v) is 16.6. The molecule has 0 heterocycles. The second kappa shape index (κ2) is 8.61. The molecule has 0 fully saturated rings. The summed E-state index contributed by atoms with van der Waals surface area (Å²) in [4.78, 5) is 0. The van der Waals surface area contributed by atoms with Crippen molar-refractivity contribution in [3.05, 3.63) is 114 Å². The highest BCUT2D eigenvalue weighted by Crippen LogP contribution is 2.37. The molecule has 0 aliphatic heterocycles. The van der Waals surface area contributed by atoms with Crippen molar-refractivity contribution in [2.75, 3.05) is 0 Å². The highest BCUT2D eigenvalue weighted by atomic mass is 19.3. The summed E-state index contributed by atoms with van der Waals surface area (Å²) in [6.45, 7) is 0. The molecule has 0 spiro atoms. The number of benzene rings is 4. The molecule has 0 amide bonds. The van der Waals surface area contributed by atoms with Gasteiger partial charge >= 0.3 is 6.11 Å². The predicted octanol–water partition coefficient (Wildman–Crippen LogP) is 7.84. The van der Waals surface area contributed by atoms with Crippen LogP contribution in [0.1, 0.15) is 5.56 Å². The largest absolute Gasteiger partial charge is 0.432 e. The zero-order chi connectivity index (χ0) is 23.8. The van der Waals surface area contributed by atoms with E-state index in [0.717, 1.165) is 36.4 Å². The molecule has 0 radical (unpaired) electrons. The van der Waals surface area contributed by atoms with Crippen LogP contribution in [0.5, 0.6) is 5.75 Å². The summed E-state index contributed by atoms with van der Waals surface area (Å²) < 4.78 is 103. The Morgan fingerprint density at radius 3 is 1.48 bits per heavy atom. The number of halogens is 7. The number of alkyl halides is 2. The monoisotopic (exact) mass is 462 g/mol. The molecule has 0 N–H and O–H groups in total. The molecule has 4 aromatic carbocycles. The molecular weight excluding hydrogens is 449 g/mol. The average Bonchev–Trinajstić information content (AvgIpc) is 2.77. The maximum Gasteiger partial charge on any atom is 0.432 e. The van der Waals surface area contributed by atoms with Crippen LogP contribution >= 0.6 is 0 Å². The fraction of sp³-hybridized carbons (Fsp3) is 0.0400. The van der Waals surface area contributed by atoms with E-state index >= 15 is 0 Å². The molecule has 0 atom stereocenters. The molecular formula is C25H13F7O. The molecule has 33 heavy (non-hydrogen) atoms. The third kappa shape index (κ3) is 4.55. The van der Waals surface area contributed by atoms with Crippen LogP contribution in [0.25, 0.3) is 22.3 Å². The minimum Gasteiger partial charge on any atom is -0.429 e. The molecule has 8 heteroatoms. The van der Waals surface area contributed by atoms with Crippen molar-refractivity contribution in [2.24, 2.45) is 0 Å². The second-order valence-electron chi connectivity index (χ2n) is 7.08. The highest BCUT2D eigenvalue weighted by molar-refractivity contribution is 5.65. The van der Waals surface area contributed by atoms with Gasteiger partial charge in [-0.05, 0) is 58.7 Å². The molecule has 4 aromatic rings. The van der Waals surface area contributed by atoms with E-state index < -0.39 is 46.5 Å². The van der Waals surface area contributed by atoms with Crippen LogP contribution in [0.2, 0.25) is 0 Å². The molecule has 168 valence electrons. The van der Waals surface area contributed by atoms with E-state index in [2.05, 4.69) is 4.74 Å². The first-order valence-electron chi connectivity index (χ1n) is 9.52. The fourth-order valence-electron chi connectivity index (χ4n) is 3.29. The Hall–Kier alpha value is -3.81. The maximum absolute atomic E-state index is 14.6. The average molecular weight is 462 g/mol. The summed E-state index contributed by atoms with van der Waals surface area (Å²) in [5, 5.41) is 0. The van der Waals surface area contributed by atoms with Crippen LogP contribution in [0.4, 0.5) is 30.7 Å². The van der Waals surface area contributed by atoms with Gasteiger partial charge in [0.2, 0.25) is 0 Å². The first-order valence-corrected chi connectivity index (χ1v) is 9.52. The van der Waals surface area contributed by atoms with Gasteiger partial charge in [-0.1, -0.05) is 42.5 Å². The van der Waals surface area contributed by atoms with Gasteiger partial charge in [-0.25, -0.2) is 22.0 Å². The quantitative estimate of drug-likeness (QED) is 0.217. The molecule has 0 saturated carbocycles. The van der Waals surface area contributed by atoms with E-state index in [-0.39, 0.29) is 16.7 Å². The van der Waals surface area contributed by atoms with Crippen LogP contribution < -0.4 is 4.74 Å². The molecule has 4 rings (SSSR count). The van der Waals surface area contributed by atoms with Gasteiger partial charge in [0.25, 0.3) is 0 Å². The normalized spacial score (nSPS) is 11.5. The smallest absolute Gasteiger partial charge is 0.429 e. The van der Waals surface area contributed by atoms with Crippen molar-refractivity contribution in [1.82, 2.24) is 0 Å². The maximum atomic E-state index is 14.6. The van der Waals surface area contributed by atoms with Crippen molar-refractivity contribution in [3.8, 4) is 28.0 Å². The lowest BCUT2D eigenvalue weighted by Crippen LogP contribution is -2.25. The van der Waals surface area contributed by atoms with Crippen molar-refractivity contribution < 1.29 is 35.5 Å². The van der Waals surface area contributed by atoms with Gasteiger partial charge < -0.3 is 4.74 Å². The Morgan fingerprint density at radius 1 is 0.515 bits per heavy atom. The van der Waals surface area contributed by atoms with E-state index in [9.17, 15) is 30.7 Å². The van der Waals surface area contributed by atoms with Crippen molar-refractivity contribution >= 4 is 0 Å². The lowest BCUT2D eigenvalue weighted by atomic mass is 10.0. The number of hydrogen-bond donors (Lipinski definition) is 0. The molecule has 0 aromatic heterocycles. The number of ether oxygens (including phenoxy) is 1. The number of rotatable bonds is 5. The second-order valence-corrected chi connectivity index (χ2v) is 7.08. The molecule has 0 bridgehead atoms. The van der Waals surface area contributed by atoms with Crippen LogP contribution in [0, 0.1) is 29.1 Å².